The van der Waals surface area contributed by atoms with Crippen LogP contribution in [0.25, 0.3) is 0 Å². The van der Waals surface area contributed by atoms with E-state index >= 15 is 0 Å². The maximum Gasteiger partial charge on any atom is 0.391 e. The number of alkyl halides is 3. The third-order valence-electron chi connectivity index (χ3n) is 4.70. The van der Waals surface area contributed by atoms with E-state index in [2.05, 4.69) is 10.6 Å². The Balaban J connectivity index is 1.94. The molecule has 170 valence electrons. The molecule has 0 aliphatic heterocycles. The van der Waals surface area contributed by atoms with Crippen molar-refractivity contribution in [2.24, 2.45) is 0 Å². The van der Waals surface area contributed by atoms with Gasteiger partial charge in [0.25, 0.3) is 16.8 Å². The van der Waals surface area contributed by atoms with Crippen LogP contribution in [0.5, 0.6) is 5.75 Å². The van der Waals surface area contributed by atoms with Crippen molar-refractivity contribution in [1.29, 1.82) is 0 Å². The highest BCUT2D eigenvalue weighted by atomic mass is 19.4. The molecular formula is C21H20F3N3O5. The summed E-state index contributed by atoms with van der Waals surface area (Å²) in [5.74, 6) is -0.656. The quantitative estimate of drug-likeness (QED) is 0.373. The van der Waals surface area contributed by atoms with E-state index < -0.39 is 41.2 Å². The van der Waals surface area contributed by atoms with E-state index in [9.17, 15) is 32.7 Å². The number of furan rings is 1. The summed E-state index contributed by atoms with van der Waals surface area (Å²) >= 11 is 0. The molecule has 1 aromatic heterocycles. The number of carbonyl (C=O) groups excluding carboxylic acids is 1. The SMILES string of the molecule is Cc1ccc(C(CC(F)(F)F)Nc2c(Nc3cccc(C(=O)N(C)C)c3O)c(=O)c2=O)o1. The topological polar surface area (TPSA) is 112 Å². The number of halogens is 3. The number of carbonyl (C=O) groups is 1. The van der Waals surface area contributed by atoms with Crippen molar-refractivity contribution in [3.8, 4) is 5.75 Å². The van der Waals surface area contributed by atoms with E-state index in [1.54, 1.807) is 6.92 Å². The molecule has 3 rings (SSSR count). The van der Waals surface area contributed by atoms with Gasteiger partial charge in [-0.1, -0.05) is 6.07 Å². The maximum absolute atomic E-state index is 13.1. The van der Waals surface area contributed by atoms with Crippen LogP contribution in [0.2, 0.25) is 0 Å². The third kappa shape index (κ3) is 4.61. The molecule has 1 unspecified atom stereocenters. The summed E-state index contributed by atoms with van der Waals surface area (Å²) in [6, 6.07) is 5.53. The molecule has 0 spiro atoms. The number of nitrogens with zero attached hydrogens (tertiary/aromatic N) is 1. The molecule has 0 aliphatic carbocycles. The summed E-state index contributed by atoms with van der Waals surface area (Å²) in [6.07, 6.45) is -5.93. The first kappa shape index (κ1) is 22.9. The van der Waals surface area contributed by atoms with Gasteiger partial charge >= 0.3 is 6.18 Å². The smallest absolute Gasteiger partial charge is 0.391 e. The van der Waals surface area contributed by atoms with Gasteiger partial charge in [0, 0.05) is 14.1 Å². The monoisotopic (exact) mass is 451 g/mol. The molecule has 8 nitrogen and oxygen atoms in total. The number of rotatable bonds is 7. The van der Waals surface area contributed by atoms with Gasteiger partial charge in [-0.2, -0.15) is 13.2 Å². The lowest BCUT2D eigenvalue weighted by Gasteiger charge is -2.22. The lowest BCUT2D eigenvalue weighted by molar-refractivity contribution is -0.138. The summed E-state index contributed by atoms with van der Waals surface area (Å²) < 4.78 is 44.6. The number of benzene rings is 1. The van der Waals surface area contributed by atoms with Crippen molar-refractivity contribution in [1.82, 2.24) is 4.90 Å². The number of hydrogen-bond acceptors (Lipinski definition) is 7. The zero-order valence-electron chi connectivity index (χ0n) is 17.3. The van der Waals surface area contributed by atoms with E-state index in [1.807, 2.05) is 0 Å². The molecule has 3 aromatic rings. The molecule has 1 heterocycles. The van der Waals surface area contributed by atoms with E-state index in [1.165, 1.54) is 49.3 Å². The molecule has 11 heteroatoms. The highest BCUT2D eigenvalue weighted by Crippen LogP contribution is 2.36. The molecule has 3 N–H and O–H groups in total. The molecule has 1 atom stereocenters. The van der Waals surface area contributed by atoms with Crippen LogP contribution < -0.4 is 21.5 Å². The predicted octanol–water partition coefficient (Wildman–Crippen LogP) is 3.44. The molecular weight excluding hydrogens is 431 g/mol. The Bertz CT molecular complexity index is 1220. The first-order valence-electron chi connectivity index (χ1n) is 9.42. The Labute approximate surface area is 180 Å². The standard InChI is InChI=1S/C21H20F3N3O5/c1-10-7-8-14(32-10)13(9-21(22,23)24)26-16-15(18(29)19(16)30)25-12-6-4-5-11(17(12)28)20(31)27(2)3/h4-8,13,25-26,28H,9H2,1-3H3. The molecule has 0 fully saturated rings. The van der Waals surface area contributed by atoms with Gasteiger partial charge in [-0.15, -0.1) is 0 Å². The molecule has 0 saturated heterocycles. The Morgan fingerprint density at radius 3 is 2.34 bits per heavy atom. The minimum absolute atomic E-state index is 0.0553. The van der Waals surface area contributed by atoms with Crippen molar-refractivity contribution in [2.45, 2.75) is 25.6 Å². The lowest BCUT2D eigenvalue weighted by Crippen LogP contribution is -2.38. The summed E-state index contributed by atoms with van der Waals surface area (Å²) in [6.45, 7) is 1.56. The molecule has 1 amide bonds. The van der Waals surface area contributed by atoms with Crippen LogP contribution in [0.15, 0.2) is 44.3 Å². The van der Waals surface area contributed by atoms with Crippen molar-refractivity contribution >= 4 is 23.0 Å². The Morgan fingerprint density at radius 1 is 1.12 bits per heavy atom. The fourth-order valence-electron chi connectivity index (χ4n) is 3.11. The summed E-state index contributed by atoms with van der Waals surface area (Å²) in [5.41, 5.74) is -2.80. The van der Waals surface area contributed by atoms with Crippen molar-refractivity contribution < 1.29 is 27.5 Å². The maximum atomic E-state index is 13.1. The van der Waals surface area contributed by atoms with E-state index in [-0.39, 0.29) is 28.4 Å². The van der Waals surface area contributed by atoms with Gasteiger partial charge in [-0.25, -0.2) is 0 Å². The van der Waals surface area contributed by atoms with Crippen molar-refractivity contribution in [3.05, 3.63) is 67.9 Å². The van der Waals surface area contributed by atoms with E-state index in [4.69, 9.17) is 4.42 Å². The second-order valence-corrected chi connectivity index (χ2v) is 7.40. The Kier molecular flexibility index (Phi) is 6.02. The minimum atomic E-state index is -4.58. The largest absolute Gasteiger partial charge is 0.505 e. The number of hydrogen-bond donors (Lipinski definition) is 3. The molecule has 0 bridgehead atoms. The second-order valence-electron chi connectivity index (χ2n) is 7.40. The second kappa shape index (κ2) is 8.40. The minimum Gasteiger partial charge on any atom is -0.505 e. The molecule has 2 aromatic carbocycles. The number of aromatic hydroxyl groups is 1. The van der Waals surface area contributed by atoms with E-state index in [0.29, 0.717) is 5.76 Å². The van der Waals surface area contributed by atoms with Crippen LogP contribution in [-0.2, 0) is 0 Å². The third-order valence-corrected chi connectivity index (χ3v) is 4.70. The van der Waals surface area contributed by atoms with Gasteiger partial charge in [0.1, 0.15) is 22.9 Å². The highest BCUT2D eigenvalue weighted by molar-refractivity contribution is 5.99. The fraction of sp³-hybridized carbons (Fsp3) is 0.286. The normalized spacial score (nSPS) is 12.6. The number of nitrogens with one attached hydrogen (secondary N) is 2. The lowest BCUT2D eigenvalue weighted by atomic mass is 10.1. The van der Waals surface area contributed by atoms with Crippen LogP contribution in [0.4, 0.5) is 30.2 Å². The van der Waals surface area contributed by atoms with Crippen LogP contribution >= 0.6 is 0 Å². The fourth-order valence-corrected chi connectivity index (χ4v) is 3.11. The summed E-state index contributed by atoms with van der Waals surface area (Å²) in [4.78, 5) is 37.6. The average Bonchev–Trinajstić information content (AvgIpc) is 3.15. The summed E-state index contributed by atoms with van der Waals surface area (Å²) in [5, 5.41) is 15.4. The van der Waals surface area contributed by atoms with Gasteiger partial charge in [-0.3, -0.25) is 14.4 Å². The number of aryl methyl sites for hydroxylation is 1. The van der Waals surface area contributed by atoms with Gasteiger partial charge < -0.3 is 25.1 Å². The zero-order valence-corrected chi connectivity index (χ0v) is 17.3. The van der Waals surface area contributed by atoms with E-state index in [0.717, 1.165) is 0 Å². The number of amides is 1. The van der Waals surface area contributed by atoms with Gasteiger partial charge in [-0.05, 0) is 31.2 Å². The van der Waals surface area contributed by atoms with Crippen LogP contribution in [-0.4, -0.2) is 36.2 Å². The molecule has 0 saturated carbocycles. The molecule has 32 heavy (non-hydrogen) atoms. The van der Waals surface area contributed by atoms with Crippen LogP contribution in [0.1, 0.15) is 34.3 Å². The Morgan fingerprint density at radius 2 is 1.78 bits per heavy atom. The van der Waals surface area contributed by atoms with Gasteiger partial charge in [0.2, 0.25) is 0 Å². The Hall–Kier alpha value is -3.76. The first-order valence-corrected chi connectivity index (χ1v) is 9.42. The van der Waals surface area contributed by atoms with Crippen molar-refractivity contribution in [2.75, 3.05) is 24.7 Å². The number of para-hydroxylation sites is 1. The average molecular weight is 451 g/mol. The predicted molar refractivity (Wildman–Crippen MR) is 111 cm³/mol. The van der Waals surface area contributed by atoms with Gasteiger partial charge in [0.05, 0.1) is 23.7 Å². The molecule has 0 aliphatic rings. The number of phenolic OH excluding ortho intramolecular Hbond substituents is 1. The van der Waals surface area contributed by atoms with Crippen LogP contribution in [0, 0.1) is 6.92 Å². The van der Waals surface area contributed by atoms with Crippen LogP contribution in [0.3, 0.4) is 0 Å². The van der Waals surface area contributed by atoms with Crippen molar-refractivity contribution in [3.63, 3.8) is 0 Å². The molecule has 0 radical (unpaired) electrons. The van der Waals surface area contributed by atoms with Gasteiger partial charge in [0.15, 0.2) is 5.75 Å². The number of anilines is 3. The zero-order chi connectivity index (χ0) is 23.8. The summed E-state index contributed by atoms with van der Waals surface area (Å²) in [7, 11) is 2.97. The number of phenols is 1. The highest BCUT2D eigenvalue weighted by Gasteiger charge is 2.36. The first-order chi connectivity index (χ1) is 14.9.